The fraction of sp³-hybridized carbons (Fsp3) is 0.600. The molecule has 0 saturated heterocycles. The molecule has 2 nitrogen and oxygen atoms in total. The Balaban J connectivity index is 1.35. The second kappa shape index (κ2) is 11.4. The van der Waals surface area contributed by atoms with Crippen LogP contribution in [-0.2, 0) is 6.42 Å². The van der Waals surface area contributed by atoms with Gasteiger partial charge in [0.05, 0.1) is 0 Å². The van der Waals surface area contributed by atoms with Crippen LogP contribution in [0.1, 0.15) is 50.5 Å². The number of benzene rings is 1. The molecule has 0 saturated carbocycles. The SMILES string of the molecule is C1=C(CCNCCNCCCCc2ccccc2)CCCC1. The molecule has 1 aromatic carbocycles. The molecule has 0 atom stereocenters. The standard InChI is InChI=1S/C20H32N2/c1-3-9-19(10-4-1)13-7-8-15-21-17-18-22-16-14-20-11-5-2-6-12-20/h1,3-4,9-11,21-22H,2,5-8,12-18H2. The lowest BCUT2D eigenvalue weighted by molar-refractivity contribution is 0.578. The largest absolute Gasteiger partial charge is 0.315 e. The molecule has 122 valence electrons. The van der Waals surface area contributed by atoms with E-state index >= 15 is 0 Å². The second-order valence-corrected chi connectivity index (χ2v) is 6.30. The van der Waals surface area contributed by atoms with E-state index in [1.807, 2.05) is 0 Å². The smallest absolute Gasteiger partial charge is 0.00768 e. The number of hydrogen-bond acceptors (Lipinski definition) is 2. The molecule has 22 heavy (non-hydrogen) atoms. The average Bonchev–Trinajstić information content (AvgIpc) is 2.58. The minimum Gasteiger partial charge on any atom is -0.315 e. The monoisotopic (exact) mass is 300 g/mol. The van der Waals surface area contributed by atoms with Crippen molar-refractivity contribution in [2.75, 3.05) is 26.2 Å². The Morgan fingerprint density at radius 2 is 1.59 bits per heavy atom. The van der Waals surface area contributed by atoms with Crippen LogP contribution in [0.25, 0.3) is 0 Å². The summed E-state index contributed by atoms with van der Waals surface area (Å²) < 4.78 is 0. The highest BCUT2D eigenvalue weighted by Gasteiger charge is 2.02. The van der Waals surface area contributed by atoms with E-state index < -0.39 is 0 Å². The van der Waals surface area contributed by atoms with Gasteiger partial charge in [0.15, 0.2) is 0 Å². The summed E-state index contributed by atoms with van der Waals surface area (Å²) in [5.74, 6) is 0. The van der Waals surface area contributed by atoms with Crippen molar-refractivity contribution >= 4 is 0 Å². The van der Waals surface area contributed by atoms with Gasteiger partial charge in [0.1, 0.15) is 0 Å². The first kappa shape index (κ1) is 17.2. The second-order valence-electron chi connectivity index (χ2n) is 6.30. The van der Waals surface area contributed by atoms with Crippen molar-refractivity contribution in [2.45, 2.75) is 51.4 Å². The predicted octanol–water partition coefficient (Wildman–Crippen LogP) is 4.08. The molecule has 1 aromatic rings. The Labute approximate surface area is 136 Å². The average molecular weight is 300 g/mol. The molecule has 0 radical (unpaired) electrons. The molecule has 0 amide bonds. The van der Waals surface area contributed by atoms with Crippen LogP contribution in [0.5, 0.6) is 0 Å². The van der Waals surface area contributed by atoms with Gasteiger partial charge in [-0.1, -0.05) is 42.0 Å². The number of aryl methyl sites for hydroxylation is 1. The van der Waals surface area contributed by atoms with Gasteiger partial charge in [-0.05, 0) is 70.0 Å². The van der Waals surface area contributed by atoms with E-state index in [0.29, 0.717) is 0 Å². The third-order valence-electron chi connectivity index (χ3n) is 4.40. The highest BCUT2D eigenvalue weighted by atomic mass is 14.9. The van der Waals surface area contributed by atoms with Crippen molar-refractivity contribution in [3.8, 4) is 0 Å². The molecule has 0 bridgehead atoms. The number of nitrogens with one attached hydrogen (secondary N) is 2. The van der Waals surface area contributed by atoms with E-state index in [2.05, 4.69) is 47.0 Å². The van der Waals surface area contributed by atoms with E-state index in [1.54, 1.807) is 5.57 Å². The van der Waals surface area contributed by atoms with Crippen molar-refractivity contribution in [3.63, 3.8) is 0 Å². The Bertz CT molecular complexity index is 411. The first-order chi connectivity index (χ1) is 10.9. The van der Waals surface area contributed by atoms with Crippen LogP contribution in [-0.4, -0.2) is 26.2 Å². The molecule has 1 aliphatic carbocycles. The van der Waals surface area contributed by atoms with E-state index in [1.165, 1.54) is 56.9 Å². The fourth-order valence-corrected chi connectivity index (χ4v) is 3.03. The lowest BCUT2D eigenvalue weighted by Crippen LogP contribution is -2.28. The number of unbranched alkanes of at least 4 members (excludes halogenated alkanes) is 1. The number of allylic oxidation sites excluding steroid dienone is 1. The van der Waals surface area contributed by atoms with Gasteiger partial charge in [0.2, 0.25) is 0 Å². The Kier molecular flexibility index (Phi) is 8.97. The molecule has 0 spiro atoms. The van der Waals surface area contributed by atoms with Crippen LogP contribution in [0, 0.1) is 0 Å². The Hall–Kier alpha value is -1.12. The zero-order valence-electron chi connectivity index (χ0n) is 13.9. The van der Waals surface area contributed by atoms with Crippen LogP contribution >= 0.6 is 0 Å². The molecular weight excluding hydrogens is 268 g/mol. The Morgan fingerprint density at radius 3 is 2.36 bits per heavy atom. The summed E-state index contributed by atoms with van der Waals surface area (Å²) in [5.41, 5.74) is 3.13. The van der Waals surface area contributed by atoms with Crippen molar-refractivity contribution in [2.24, 2.45) is 0 Å². The molecule has 0 aliphatic heterocycles. The highest BCUT2D eigenvalue weighted by Crippen LogP contribution is 2.19. The lowest BCUT2D eigenvalue weighted by Gasteiger charge is -2.13. The van der Waals surface area contributed by atoms with Crippen LogP contribution in [0.2, 0.25) is 0 Å². The molecule has 0 aromatic heterocycles. The molecular formula is C20H32N2. The first-order valence-corrected chi connectivity index (χ1v) is 9.08. The minimum atomic E-state index is 1.09. The molecule has 2 heteroatoms. The van der Waals surface area contributed by atoms with Gasteiger partial charge in [0.25, 0.3) is 0 Å². The van der Waals surface area contributed by atoms with Gasteiger partial charge >= 0.3 is 0 Å². The quantitative estimate of drug-likeness (QED) is 0.475. The number of hydrogen-bond donors (Lipinski definition) is 2. The van der Waals surface area contributed by atoms with E-state index in [9.17, 15) is 0 Å². The predicted molar refractivity (Wildman–Crippen MR) is 96.3 cm³/mol. The van der Waals surface area contributed by atoms with Crippen LogP contribution in [0.15, 0.2) is 42.0 Å². The van der Waals surface area contributed by atoms with Crippen molar-refractivity contribution in [1.29, 1.82) is 0 Å². The molecule has 2 N–H and O–H groups in total. The van der Waals surface area contributed by atoms with Crippen molar-refractivity contribution in [3.05, 3.63) is 47.5 Å². The van der Waals surface area contributed by atoms with Gasteiger partial charge in [-0.2, -0.15) is 0 Å². The van der Waals surface area contributed by atoms with Gasteiger partial charge in [-0.25, -0.2) is 0 Å². The fourth-order valence-electron chi connectivity index (χ4n) is 3.03. The topological polar surface area (TPSA) is 24.1 Å². The molecule has 0 heterocycles. The normalized spacial score (nSPS) is 14.8. The van der Waals surface area contributed by atoms with Gasteiger partial charge in [0, 0.05) is 13.1 Å². The van der Waals surface area contributed by atoms with Crippen LogP contribution < -0.4 is 10.6 Å². The molecule has 1 aliphatic rings. The molecule has 0 fully saturated rings. The zero-order chi connectivity index (χ0) is 15.3. The third-order valence-corrected chi connectivity index (χ3v) is 4.40. The summed E-state index contributed by atoms with van der Waals surface area (Å²) in [6, 6.07) is 10.8. The van der Waals surface area contributed by atoms with E-state index in [0.717, 1.165) is 26.2 Å². The van der Waals surface area contributed by atoms with Crippen LogP contribution in [0.4, 0.5) is 0 Å². The number of rotatable bonds is 11. The Morgan fingerprint density at radius 1 is 0.773 bits per heavy atom. The lowest BCUT2D eigenvalue weighted by atomic mass is 9.97. The van der Waals surface area contributed by atoms with Crippen molar-refractivity contribution in [1.82, 2.24) is 10.6 Å². The van der Waals surface area contributed by atoms with Crippen LogP contribution in [0.3, 0.4) is 0 Å². The summed E-state index contributed by atoms with van der Waals surface area (Å²) >= 11 is 0. The molecule has 0 unspecified atom stereocenters. The van der Waals surface area contributed by atoms with E-state index in [-0.39, 0.29) is 0 Å². The van der Waals surface area contributed by atoms with Crippen molar-refractivity contribution < 1.29 is 0 Å². The van der Waals surface area contributed by atoms with Gasteiger partial charge < -0.3 is 10.6 Å². The maximum absolute atomic E-state index is 3.55. The summed E-state index contributed by atoms with van der Waals surface area (Å²) in [6.45, 7) is 4.46. The van der Waals surface area contributed by atoms with Gasteiger partial charge in [-0.15, -0.1) is 0 Å². The zero-order valence-corrected chi connectivity index (χ0v) is 13.9. The summed E-state index contributed by atoms with van der Waals surface area (Å²) in [5, 5.41) is 7.08. The summed E-state index contributed by atoms with van der Waals surface area (Å²) in [6.07, 6.45) is 12.9. The minimum absolute atomic E-state index is 1.09. The molecule has 2 rings (SSSR count). The highest BCUT2D eigenvalue weighted by molar-refractivity contribution is 5.14. The maximum atomic E-state index is 3.55. The van der Waals surface area contributed by atoms with E-state index in [4.69, 9.17) is 0 Å². The maximum Gasteiger partial charge on any atom is 0.00768 e. The summed E-state index contributed by atoms with van der Waals surface area (Å²) in [4.78, 5) is 0. The van der Waals surface area contributed by atoms with Gasteiger partial charge in [-0.3, -0.25) is 0 Å². The first-order valence-electron chi connectivity index (χ1n) is 9.08. The summed E-state index contributed by atoms with van der Waals surface area (Å²) in [7, 11) is 0. The third kappa shape index (κ3) is 7.77.